The fourth-order valence-electron chi connectivity index (χ4n) is 1.71. The minimum Gasteiger partial charge on any atom is -0.494 e. The van der Waals surface area contributed by atoms with Crippen molar-refractivity contribution in [2.45, 2.75) is 20.8 Å². The zero-order chi connectivity index (χ0) is 11.4. The van der Waals surface area contributed by atoms with Crippen molar-refractivity contribution in [2.24, 2.45) is 4.99 Å². The predicted molar refractivity (Wildman–Crippen MR) is 65.7 cm³/mol. The van der Waals surface area contributed by atoms with Crippen LogP contribution in [0, 0.1) is 13.8 Å². The van der Waals surface area contributed by atoms with E-state index in [4.69, 9.17) is 4.74 Å². The number of aliphatic imine (C=N–C) groups is 1. The van der Waals surface area contributed by atoms with Gasteiger partial charge in [0, 0.05) is 5.56 Å². The predicted octanol–water partition coefficient (Wildman–Crippen LogP) is 3.37. The molecule has 0 amide bonds. The lowest BCUT2D eigenvalue weighted by Crippen LogP contribution is -1.96. The van der Waals surface area contributed by atoms with E-state index in [0.29, 0.717) is 12.3 Å². The summed E-state index contributed by atoms with van der Waals surface area (Å²) in [6, 6.07) is 4.00. The lowest BCUT2D eigenvalue weighted by Gasteiger charge is -2.12. The molecule has 0 aromatic heterocycles. The summed E-state index contributed by atoms with van der Waals surface area (Å²) in [7, 11) is 0. The average Bonchev–Trinajstić information content (AvgIpc) is 2.16. The molecule has 0 aliphatic heterocycles. The van der Waals surface area contributed by atoms with Crippen molar-refractivity contribution in [2.75, 3.05) is 6.61 Å². The van der Waals surface area contributed by atoms with Gasteiger partial charge >= 0.3 is 0 Å². The Bertz CT molecular complexity index is 371. The van der Waals surface area contributed by atoms with Gasteiger partial charge in [0.15, 0.2) is 0 Å². The molecule has 15 heavy (non-hydrogen) atoms. The highest BCUT2D eigenvalue weighted by Gasteiger charge is 2.07. The summed E-state index contributed by atoms with van der Waals surface area (Å²) in [4.78, 5) is 3.87. The molecule has 0 aliphatic carbocycles. The molecule has 2 heteroatoms. The summed E-state index contributed by atoms with van der Waals surface area (Å²) >= 11 is 0. The van der Waals surface area contributed by atoms with Crippen LogP contribution in [0.4, 0.5) is 0 Å². The van der Waals surface area contributed by atoms with Crippen LogP contribution in [0.5, 0.6) is 5.75 Å². The molecule has 1 rings (SSSR count). The molecule has 0 atom stereocenters. The largest absolute Gasteiger partial charge is 0.494 e. The summed E-state index contributed by atoms with van der Waals surface area (Å²) in [5.41, 5.74) is 4.02. The second-order valence-corrected chi connectivity index (χ2v) is 3.47. The van der Waals surface area contributed by atoms with E-state index in [1.54, 1.807) is 0 Å². The second kappa shape index (κ2) is 4.78. The average molecular weight is 203 g/mol. The first-order valence-corrected chi connectivity index (χ1v) is 5.00. The Kier molecular flexibility index (Phi) is 3.67. The summed E-state index contributed by atoms with van der Waals surface area (Å²) in [6.45, 7) is 14.1. The first-order valence-electron chi connectivity index (χ1n) is 5.00. The van der Waals surface area contributed by atoms with Gasteiger partial charge in [-0.05, 0) is 50.7 Å². The molecule has 80 valence electrons. The highest BCUT2D eigenvalue weighted by molar-refractivity contribution is 5.71. The SMILES string of the molecule is C=NC(=C)c1c(C)cc(OCC)cc1C. The number of hydrogen-bond acceptors (Lipinski definition) is 2. The number of nitrogens with zero attached hydrogens (tertiary/aromatic N) is 1. The van der Waals surface area contributed by atoms with Gasteiger partial charge in [0.05, 0.1) is 12.3 Å². The van der Waals surface area contributed by atoms with Crippen molar-refractivity contribution in [3.63, 3.8) is 0 Å². The third-order valence-electron chi connectivity index (χ3n) is 2.30. The van der Waals surface area contributed by atoms with Crippen molar-refractivity contribution < 1.29 is 4.74 Å². The smallest absolute Gasteiger partial charge is 0.119 e. The van der Waals surface area contributed by atoms with Crippen molar-refractivity contribution in [3.05, 3.63) is 35.4 Å². The molecule has 0 N–H and O–H groups in total. The maximum Gasteiger partial charge on any atom is 0.119 e. The zero-order valence-electron chi connectivity index (χ0n) is 9.63. The summed E-state index contributed by atoms with van der Waals surface area (Å²) in [6.07, 6.45) is 0. The van der Waals surface area contributed by atoms with Gasteiger partial charge in [-0.1, -0.05) is 6.58 Å². The van der Waals surface area contributed by atoms with E-state index in [2.05, 4.69) is 18.3 Å². The summed E-state index contributed by atoms with van der Waals surface area (Å²) in [5, 5.41) is 0. The number of ether oxygens (including phenoxy) is 1. The Morgan fingerprint density at radius 2 is 1.87 bits per heavy atom. The summed E-state index contributed by atoms with van der Waals surface area (Å²) < 4.78 is 5.46. The van der Waals surface area contributed by atoms with E-state index in [1.807, 2.05) is 32.9 Å². The molecular weight excluding hydrogens is 186 g/mol. The van der Waals surface area contributed by atoms with Crippen LogP contribution >= 0.6 is 0 Å². The van der Waals surface area contributed by atoms with Gasteiger partial charge in [-0.3, -0.25) is 4.99 Å². The zero-order valence-corrected chi connectivity index (χ0v) is 9.63. The third-order valence-corrected chi connectivity index (χ3v) is 2.30. The van der Waals surface area contributed by atoms with Gasteiger partial charge < -0.3 is 4.74 Å². The Labute approximate surface area is 91.3 Å². The third kappa shape index (κ3) is 2.46. The van der Waals surface area contributed by atoms with Crippen LogP contribution in [-0.4, -0.2) is 13.3 Å². The fraction of sp³-hybridized carbons (Fsp3) is 0.308. The molecule has 0 aliphatic rings. The summed E-state index contributed by atoms with van der Waals surface area (Å²) in [5.74, 6) is 0.896. The Morgan fingerprint density at radius 3 is 2.27 bits per heavy atom. The van der Waals surface area contributed by atoms with Crippen LogP contribution in [0.2, 0.25) is 0 Å². The van der Waals surface area contributed by atoms with Crippen LogP contribution < -0.4 is 4.74 Å². The lowest BCUT2D eigenvalue weighted by molar-refractivity contribution is 0.340. The van der Waals surface area contributed by atoms with Crippen LogP contribution in [-0.2, 0) is 0 Å². The normalized spacial score (nSPS) is 9.80. The lowest BCUT2D eigenvalue weighted by atomic mass is 10.0. The number of hydrogen-bond donors (Lipinski definition) is 0. The highest BCUT2D eigenvalue weighted by atomic mass is 16.5. The van der Waals surface area contributed by atoms with Crippen LogP contribution in [0.1, 0.15) is 23.6 Å². The van der Waals surface area contributed by atoms with Crippen LogP contribution in [0.3, 0.4) is 0 Å². The maximum absolute atomic E-state index is 5.46. The first kappa shape index (κ1) is 11.5. The molecule has 0 spiro atoms. The maximum atomic E-state index is 5.46. The molecule has 0 fully saturated rings. The van der Waals surface area contributed by atoms with E-state index in [-0.39, 0.29) is 0 Å². The first-order chi connectivity index (χ1) is 7.10. The Morgan fingerprint density at radius 1 is 1.33 bits per heavy atom. The molecule has 2 nitrogen and oxygen atoms in total. The number of aryl methyl sites for hydroxylation is 2. The molecule has 0 radical (unpaired) electrons. The van der Waals surface area contributed by atoms with Crippen molar-refractivity contribution in [1.29, 1.82) is 0 Å². The topological polar surface area (TPSA) is 21.6 Å². The minimum absolute atomic E-state index is 0.679. The fourth-order valence-corrected chi connectivity index (χ4v) is 1.71. The quantitative estimate of drug-likeness (QED) is 0.687. The van der Waals surface area contributed by atoms with E-state index in [1.165, 1.54) is 0 Å². The van der Waals surface area contributed by atoms with E-state index >= 15 is 0 Å². The van der Waals surface area contributed by atoms with Crippen LogP contribution in [0.25, 0.3) is 5.70 Å². The number of rotatable bonds is 4. The van der Waals surface area contributed by atoms with Gasteiger partial charge in [-0.15, -0.1) is 0 Å². The molecular formula is C13H17NO. The molecule has 0 saturated heterocycles. The second-order valence-electron chi connectivity index (χ2n) is 3.47. The van der Waals surface area contributed by atoms with Gasteiger partial charge in [-0.2, -0.15) is 0 Å². The van der Waals surface area contributed by atoms with Crippen LogP contribution in [0.15, 0.2) is 23.7 Å². The van der Waals surface area contributed by atoms with E-state index < -0.39 is 0 Å². The highest BCUT2D eigenvalue weighted by Crippen LogP contribution is 2.27. The van der Waals surface area contributed by atoms with Gasteiger partial charge in [-0.25, -0.2) is 0 Å². The molecule has 1 aromatic carbocycles. The monoisotopic (exact) mass is 203 g/mol. The van der Waals surface area contributed by atoms with Gasteiger partial charge in [0.1, 0.15) is 5.75 Å². The standard InChI is InChI=1S/C13H17NO/c1-6-15-12-7-9(2)13(10(3)8-12)11(4)14-5/h7-8H,4-6H2,1-3H3. The molecule has 0 unspecified atom stereocenters. The van der Waals surface area contributed by atoms with Crippen molar-refractivity contribution >= 4 is 12.4 Å². The van der Waals surface area contributed by atoms with Gasteiger partial charge in [0.25, 0.3) is 0 Å². The minimum atomic E-state index is 0.679. The Hall–Kier alpha value is -1.57. The molecule has 1 aromatic rings. The van der Waals surface area contributed by atoms with Crippen molar-refractivity contribution in [3.8, 4) is 5.75 Å². The Balaban J connectivity index is 3.20. The number of benzene rings is 1. The van der Waals surface area contributed by atoms with Crippen molar-refractivity contribution in [1.82, 2.24) is 0 Å². The molecule has 0 heterocycles. The molecule has 0 saturated carbocycles. The van der Waals surface area contributed by atoms with E-state index in [0.717, 1.165) is 22.4 Å². The molecule has 0 bridgehead atoms. The van der Waals surface area contributed by atoms with E-state index in [9.17, 15) is 0 Å². The van der Waals surface area contributed by atoms with Gasteiger partial charge in [0.2, 0.25) is 0 Å².